The predicted octanol–water partition coefficient (Wildman–Crippen LogP) is 5.22. The van der Waals surface area contributed by atoms with Crippen LogP contribution in [0.15, 0.2) is 67.0 Å². The highest BCUT2D eigenvalue weighted by Gasteiger charge is 2.23. The largest absolute Gasteiger partial charge is 0.439 e. The Balaban J connectivity index is 1.24. The lowest BCUT2D eigenvalue weighted by molar-refractivity contribution is -0.117. The molecule has 6 nitrogen and oxygen atoms in total. The highest BCUT2D eigenvalue weighted by Crippen LogP contribution is 2.28. The molecule has 2 aromatic heterocycles. The molecule has 2 aromatic carbocycles. The van der Waals surface area contributed by atoms with Gasteiger partial charge in [0.25, 0.3) is 0 Å². The number of pyridine rings is 1. The third kappa shape index (κ3) is 4.70. The van der Waals surface area contributed by atoms with Crippen LogP contribution in [0.3, 0.4) is 0 Å². The monoisotopic (exact) mass is 426 g/mol. The molecule has 1 N–H and O–H groups in total. The summed E-state index contributed by atoms with van der Waals surface area (Å²) in [7, 11) is 0. The average molecular weight is 427 g/mol. The number of ketones is 1. The van der Waals surface area contributed by atoms with Crippen LogP contribution >= 0.6 is 0 Å². The van der Waals surface area contributed by atoms with Gasteiger partial charge in [0.1, 0.15) is 11.5 Å². The standard InChI is InChI=1S/C26H26N4O2/c1-18(31)12-20-9-11-30(17-20)16-19-2-3-22-14-24(6-4-21(22)13-19)32-26-7-5-23(15-27-26)25-8-10-28-29-25/h2-8,10,13-15,20H,9,11-12,16-17H2,1H3,(H,28,29)/t20-/m0/s1. The molecule has 3 heterocycles. The van der Waals surface area contributed by atoms with E-state index in [-0.39, 0.29) is 0 Å². The number of nitrogens with one attached hydrogen (secondary N) is 1. The zero-order chi connectivity index (χ0) is 21.9. The van der Waals surface area contributed by atoms with Crippen LogP contribution in [-0.2, 0) is 11.3 Å². The van der Waals surface area contributed by atoms with Crippen molar-refractivity contribution in [3.63, 3.8) is 0 Å². The van der Waals surface area contributed by atoms with Crippen molar-refractivity contribution in [3.05, 3.63) is 72.6 Å². The quantitative estimate of drug-likeness (QED) is 0.439. The zero-order valence-corrected chi connectivity index (χ0v) is 18.1. The molecule has 0 bridgehead atoms. The summed E-state index contributed by atoms with van der Waals surface area (Å²) in [5.74, 6) is 2.12. The second-order valence-electron chi connectivity index (χ2n) is 8.60. The fourth-order valence-corrected chi connectivity index (χ4v) is 4.46. The molecule has 4 aromatic rings. The van der Waals surface area contributed by atoms with Gasteiger partial charge in [0.05, 0.1) is 5.69 Å². The van der Waals surface area contributed by atoms with Crippen molar-refractivity contribution in [2.75, 3.05) is 13.1 Å². The molecule has 0 saturated carbocycles. The number of nitrogens with zero attached hydrogens (tertiary/aromatic N) is 3. The first-order valence-electron chi connectivity index (χ1n) is 11.0. The van der Waals surface area contributed by atoms with Crippen LogP contribution in [0.2, 0.25) is 0 Å². The summed E-state index contributed by atoms with van der Waals surface area (Å²) in [6, 6.07) is 18.4. The first-order chi connectivity index (χ1) is 15.6. The lowest BCUT2D eigenvalue weighted by atomic mass is 10.0. The number of Topliss-reactive ketones (excluding diaryl/α,β-unsaturated/α-hetero) is 1. The molecule has 0 aliphatic carbocycles. The van der Waals surface area contributed by atoms with Crippen LogP contribution in [0, 0.1) is 5.92 Å². The van der Waals surface area contributed by atoms with Gasteiger partial charge in [0.2, 0.25) is 5.88 Å². The van der Waals surface area contributed by atoms with E-state index in [0.717, 1.165) is 48.4 Å². The Kier molecular flexibility index (Phi) is 5.69. The molecule has 1 aliphatic rings. The van der Waals surface area contributed by atoms with E-state index in [4.69, 9.17) is 4.74 Å². The van der Waals surface area contributed by atoms with E-state index < -0.39 is 0 Å². The van der Waals surface area contributed by atoms with Gasteiger partial charge < -0.3 is 9.53 Å². The number of benzene rings is 2. The van der Waals surface area contributed by atoms with Crippen LogP contribution in [0.4, 0.5) is 0 Å². The maximum Gasteiger partial charge on any atom is 0.219 e. The summed E-state index contributed by atoms with van der Waals surface area (Å²) in [5.41, 5.74) is 3.19. The van der Waals surface area contributed by atoms with Crippen LogP contribution in [0.5, 0.6) is 11.6 Å². The molecule has 32 heavy (non-hydrogen) atoms. The first kappa shape index (κ1) is 20.4. The summed E-state index contributed by atoms with van der Waals surface area (Å²) in [4.78, 5) is 18.2. The van der Waals surface area contributed by atoms with Crippen molar-refractivity contribution in [2.24, 2.45) is 5.92 Å². The number of aromatic nitrogens is 3. The number of hydrogen-bond donors (Lipinski definition) is 1. The van der Waals surface area contributed by atoms with Gasteiger partial charge in [-0.25, -0.2) is 4.98 Å². The molecule has 1 saturated heterocycles. The van der Waals surface area contributed by atoms with Gasteiger partial charge in [0, 0.05) is 43.5 Å². The molecule has 1 atom stereocenters. The lowest BCUT2D eigenvalue weighted by Gasteiger charge is -2.16. The highest BCUT2D eigenvalue weighted by atomic mass is 16.5. The summed E-state index contributed by atoms with van der Waals surface area (Å²) in [5, 5.41) is 9.23. The van der Waals surface area contributed by atoms with E-state index in [9.17, 15) is 4.79 Å². The molecule has 0 spiro atoms. The van der Waals surface area contributed by atoms with Crippen molar-refractivity contribution >= 4 is 16.6 Å². The van der Waals surface area contributed by atoms with E-state index >= 15 is 0 Å². The smallest absolute Gasteiger partial charge is 0.219 e. The number of carbonyl (C=O) groups is 1. The Hall–Kier alpha value is -3.51. The minimum atomic E-state index is 0.296. The number of H-pyrrole nitrogens is 1. The van der Waals surface area contributed by atoms with Gasteiger partial charge in [-0.3, -0.25) is 10.00 Å². The van der Waals surface area contributed by atoms with Crippen molar-refractivity contribution in [1.29, 1.82) is 0 Å². The third-order valence-electron chi connectivity index (χ3n) is 6.00. The number of rotatable bonds is 7. The van der Waals surface area contributed by atoms with Crippen molar-refractivity contribution < 1.29 is 9.53 Å². The summed E-state index contributed by atoms with van der Waals surface area (Å²) in [6.45, 7) is 4.69. The molecule has 162 valence electrons. The fraction of sp³-hybridized carbons (Fsp3) is 0.269. The van der Waals surface area contributed by atoms with E-state index in [1.54, 1.807) is 19.3 Å². The number of carbonyl (C=O) groups excluding carboxylic acids is 1. The number of likely N-dealkylation sites (tertiary alicyclic amines) is 1. The van der Waals surface area contributed by atoms with E-state index in [2.05, 4.69) is 44.3 Å². The fourth-order valence-electron chi connectivity index (χ4n) is 4.46. The molecular formula is C26H26N4O2. The Morgan fingerprint density at radius 3 is 2.78 bits per heavy atom. The number of ether oxygens (including phenoxy) is 1. The minimum absolute atomic E-state index is 0.296. The number of fused-ring (bicyclic) bond motifs is 1. The summed E-state index contributed by atoms with van der Waals surface area (Å²) < 4.78 is 5.97. The molecule has 0 radical (unpaired) electrons. The van der Waals surface area contributed by atoms with Crippen LogP contribution in [0.25, 0.3) is 22.0 Å². The molecule has 1 fully saturated rings. The van der Waals surface area contributed by atoms with Crippen LogP contribution < -0.4 is 4.74 Å². The van der Waals surface area contributed by atoms with E-state index in [0.29, 0.717) is 24.0 Å². The van der Waals surface area contributed by atoms with Gasteiger partial charge in [-0.15, -0.1) is 0 Å². The zero-order valence-electron chi connectivity index (χ0n) is 18.1. The van der Waals surface area contributed by atoms with Crippen molar-refractivity contribution in [1.82, 2.24) is 20.1 Å². The Morgan fingerprint density at radius 1 is 1.12 bits per heavy atom. The second-order valence-corrected chi connectivity index (χ2v) is 8.60. The molecular weight excluding hydrogens is 400 g/mol. The topological polar surface area (TPSA) is 71.1 Å². The number of hydrogen-bond acceptors (Lipinski definition) is 5. The Labute approximate surface area is 187 Å². The average Bonchev–Trinajstić information content (AvgIpc) is 3.47. The summed E-state index contributed by atoms with van der Waals surface area (Å²) >= 11 is 0. The highest BCUT2D eigenvalue weighted by molar-refractivity contribution is 5.84. The van der Waals surface area contributed by atoms with Crippen molar-refractivity contribution in [2.45, 2.75) is 26.3 Å². The minimum Gasteiger partial charge on any atom is -0.439 e. The molecule has 0 unspecified atom stereocenters. The number of aromatic amines is 1. The van der Waals surface area contributed by atoms with Gasteiger partial charge in [-0.1, -0.05) is 18.2 Å². The molecule has 5 rings (SSSR count). The first-order valence-corrected chi connectivity index (χ1v) is 11.0. The molecule has 0 amide bonds. The van der Waals surface area contributed by atoms with E-state index in [1.807, 2.05) is 30.3 Å². The van der Waals surface area contributed by atoms with E-state index in [1.165, 1.54) is 10.9 Å². The van der Waals surface area contributed by atoms with Crippen LogP contribution in [0.1, 0.15) is 25.3 Å². The SMILES string of the molecule is CC(=O)C[C@@H]1CCN(Cc2ccc3cc(Oc4ccc(-c5ccn[nH]5)cn4)ccc3c2)C1. The van der Waals surface area contributed by atoms with Crippen LogP contribution in [-0.4, -0.2) is 39.0 Å². The molecule has 1 aliphatic heterocycles. The maximum absolute atomic E-state index is 11.4. The van der Waals surface area contributed by atoms with Crippen molar-refractivity contribution in [3.8, 4) is 22.9 Å². The Morgan fingerprint density at radius 2 is 2.00 bits per heavy atom. The lowest BCUT2D eigenvalue weighted by Crippen LogP contribution is -2.20. The van der Waals surface area contributed by atoms with Gasteiger partial charge >= 0.3 is 0 Å². The van der Waals surface area contributed by atoms with Gasteiger partial charge in [-0.05, 0) is 72.5 Å². The molecule has 6 heteroatoms. The Bertz CT molecular complexity index is 1220. The summed E-state index contributed by atoms with van der Waals surface area (Å²) in [6.07, 6.45) is 5.31. The predicted molar refractivity (Wildman–Crippen MR) is 125 cm³/mol. The van der Waals surface area contributed by atoms with Gasteiger partial charge in [-0.2, -0.15) is 5.10 Å². The maximum atomic E-state index is 11.4. The third-order valence-corrected chi connectivity index (χ3v) is 6.00. The van der Waals surface area contributed by atoms with Gasteiger partial charge in [0.15, 0.2) is 0 Å². The normalized spacial score (nSPS) is 16.5. The second kappa shape index (κ2) is 8.93.